The van der Waals surface area contributed by atoms with E-state index < -0.39 is 17.5 Å². The Balaban J connectivity index is 2.32. The van der Waals surface area contributed by atoms with Gasteiger partial charge in [0.2, 0.25) is 5.91 Å². The van der Waals surface area contributed by atoms with Crippen LogP contribution in [0.2, 0.25) is 0 Å². The van der Waals surface area contributed by atoms with Crippen LogP contribution in [0.4, 0.5) is 8.78 Å². The van der Waals surface area contributed by atoms with Gasteiger partial charge in [-0.15, -0.1) is 0 Å². The van der Waals surface area contributed by atoms with Gasteiger partial charge in [0.1, 0.15) is 11.6 Å². The SMILES string of the molecule is CC(C)[C@H](C)NC(=O)CCCNC(=O)c1ccc(F)cc1F. The van der Waals surface area contributed by atoms with Crippen molar-refractivity contribution in [1.82, 2.24) is 10.6 Å². The number of hydrogen-bond donors (Lipinski definition) is 2. The van der Waals surface area contributed by atoms with Crippen molar-refractivity contribution in [3.05, 3.63) is 35.4 Å². The Morgan fingerprint density at radius 3 is 2.45 bits per heavy atom. The van der Waals surface area contributed by atoms with Crippen LogP contribution in [-0.4, -0.2) is 24.4 Å². The first-order valence-electron chi connectivity index (χ1n) is 7.34. The molecule has 0 spiro atoms. The third-order valence-corrected chi connectivity index (χ3v) is 3.43. The maximum atomic E-state index is 13.4. The van der Waals surface area contributed by atoms with Crippen LogP contribution < -0.4 is 10.6 Å². The average Bonchev–Trinajstić information content (AvgIpc) is 2.43. The predicted octanol–water partition coefficient (Wildman–Crippen LogP) is 2.64. The Morgan fingerprint density at radius 1 is 1.18 bits per heavy atom. The molecular formula is C16H22F2N2O2. The minimum absolute atomic E-state index is 0.0802. The van der Waals surface area contributed by atoms with Crippen molar-refractivity contribution in [1.29, 1.82) is 0 Å². The molecule has 0 aliphatic rings. The average molecular weight is 312 g/mol. The monoisotopic (exact) mass is 312 g/mol. The third kappa shape index (κ3) is 5.79. The molecule has 22 heavy (non-hydrogen) atoms. The van der Waals surface area contributed by atoms with E-state index in [4.69, 9.17) is 0 Å². The van der Waals surface area contributed by atoms with Gasteiger partial charge in [0.25, 0.3) is 5.91 Å². The Bertz CT molecular complexity index is 533. The van der Waals surface area contributed by atoms with Gasteiger partial charge in [-0.3, -0.25) is 9.59 Å². The Morgan fingerprint density at radius 2 is 1.86 bits per heavy atom. The lowest BCUT2D eigenvalue weighted by atomic mass is 10.1. The molecule has 6 heteroatoms. The van der Waals surface area contributed by atoms with E-state index in [2.05, 4.69) is 10.6 Å². The molecule has 0 aromatic heterocycles. The molecule has 0 bridgehead atoms. The van der Waals surface area contributed by atoms with Crippen molar-refractivity contribution in [2.45, 2.75) is 39.7 Å². The Kier molecular flexibility index (Phi) is 6.95. The lowest BCUT2D eigenvalue weighted by Gasteiger charge is -2.17. The highest BCUT2D eigenvalue weighted by Crippen LogP contribution is 2.09. The number of carbonyl (C=O) groups excluding carboxylic acids is 2. The van der Waals surface area contributed by atoms with Crippen molar-refractivity contribution in [3.63, 3.8) is 0 Å². The molecule has 0 heterocycles. The van der Waals surface area contributed by atoms with Crippen LogP contribution in [0.15, 0.2) is 18.2 Å². The first-order valence-corrected chi connectivity index (χ1v) is 7.34. The van der Waals surface area contributed by atoms with Gasteiger partial charge in [-0.05, 0) is 31.4 Å². The standard InChI is InChI=1S/C16H22F2N2O2/c1-10(2)11(3)20-15(21)5-4-8-19-16(22)13-7-6-12(17)9-14(13)18/h6-7,9-11H,4-5,8H2,1-3H3,(H,19,22)(H,20,21)/t11-/m0/s1. The second-order valence-electron chi connectivity index (χ2n) is 5.58. The molecular weight excluding hydrogens is 290 g/mol. The summed E-state index contributed by atoms with van der Waals surface area (Å²) < 4.78 is 26.1. The maximum Gasteiger partial charge on any atom is 0.254 e. The van der Waals surface area contributed by atoms with Gasteiger partial charge >= 0.3 is 0 Å². The van der Waals surface area contributed by atoms with E-state index in [1.54, 1.807) is 0 Å². The fourth-order valence-electron chi connectivity index (χ4n) is 1.71. The van der Waals surface area contributed by atoms with Crippen molar-refractivity contribution in [2.24, 2.45) is 5.92 Å². The minimum Gasteiger partial charge on any atom is -0.353 e. The molecule has 2 amide bonds. The van der Waals surface area contributed by atoms with E-state index in [0.29, 0.717) is 18.4 Å². The van der Waals surface area contributed by atoms with Crippen LogP contribution in [0.1, 0.15) is 44.0 Å². The van der Waals surface area contributed by atoms with Gasteiger partial charge in [-0.2, -0.15) is 0 Å². The lowest BCUT2D eigenvalue weighted by molar-refractivity contribution is -0.122. The molecule has 0 saturated heterocycles. The summed E-state index contributed by atoms with van der Waals surface area (Å²) in [5.74, 6) is -1.98. The maximum absolute atomic E-state index is 13.4. The quantitative estimate of drug-likeness (QED) is 0.760. The molecule has 1 aromatic carbocycles. The van der Waals surface area contributed by atoms with E-state index in [0.717, 1.165) is 12.1 Å². The molecule has 122 valence electrons. The highest BCUT2D eigenvalue weighted by Gasteiger charge is 2.13. The van der Waals surface area contributed by atoms with Gasteiger partial charge in [0, 0.05) is 25.1 Å². The molecule has 0 unspecified atom stereocenters. The predicted molar refractivity (Wildman–Crippen MR) is 80.4 cm³/mol. The highest BCUT2D eigenvalue weighted by atomic mass is 19.1. The topological polar surface area (TPSA) is 58.2 Å². The molecule has 2 N–H and O–H groups in total. The van der Waals surface area contributed by atoms with Crippen LogP contribution in [0, 0.1) is 17.6 Å². The number of amides is 2. The van der Waals surface area contributed by atoms with Crippen LogP contribution in [-0.2, 0) is 4.79 Å². The van der Waals surface area contributed by atoms with E-state index in [1.807, 2.05) is 20.8 Å². The molecule has 1 aromatic rings. The second kappa shape index (κ2) is 8.46. The first kappa shape index (κ1) is 18.1. The Labute approximate surface area is 129 Å². The smallest absolute Gasteiger partial charge is 0.254 e. The number of benzene rings is 1. The Hall–Kier alpha value is -1.98. The molecule has 0 radical (unpaired) electrons. The summed E-state index contributed by atoms with van der Waals surface area (Å²) >= 11 is 0. The van der Waals surface area contributed by atoms with Gasteiger partial charge in [0.05, 0.1) is 5.56 Å². The van der Waals surface area contributed by atoms with E-state index in [1.165, 1.54) is 0 Å². The van der Waals surface area contributed by atoms with Gasteiger partial charge < -0.3 is 10.6 Å². The summed E-state index contributed by atoms with van der Waals surface area (Å²) in [5.41, 5.74) is -0.209. The zero-order chi connectivity index (χ0) is 16.7. The van der Waals surface area contributed by atoms with Crippen LogP contribution in [0.25, 0.3) is 0 Å². The zero-order valence-corrected chi connectivity index (χ0v) is 13.1. The molecule has 4 nitrogen and oxygen atoms in total. The third-order valence-electron chi connectivity index (χ3n) is 3.43. The molecule has 0 aliphatic heterocycles. The number of rotatable bonds is 7. The first-order chi connectivity index (χ1) is 10.3. The van der Waals surface area contributed by atoms with E-state index in [9.17, 15) is 18.4 Å². The summed E-state index contributed by atoms with van der Waals surface area (Å²) in [4.78, 5) is 23.4. The summed E-state index contributed by atoms with van der Waals surface area (Å²) in [5, 5.41) is 5.37. The van der Waals surface area contributed by atoms with E-state index in [-0.39, 0.29) is 30.5 Å². The fourth-order valence-corrected chi connectivity index (χ4v) is 1.71. The fraction of sp³-hybridized carbons (Fsp3) is 0.500. The molecule has 0 saturated carbocycles. The summed E-state index contributed by atoms with van der Waals surface area (Å²) in [6.45, 7) is 6.21. The summed E-state index contributed by atoms with van der Waals surface area (Å²) in [7, 11) is 0. The summed E-state index contributed by atoms with van der Waals surface area (Å²) in [6.07, 6.45) is 0.731. The molecule has 0 fully saturated rings. The van der Waals surface area contributed by atoms with Crippen LogP contribution in [0.3, 0.4) is 0 Å². The zero-order valence-electron chi connectivity index (χ0n) is 13.1. The number of halogens is 2. The van der Waals surface area contributed by atoms with Crippen molar-refractivity contribution < 1.29 is 18.4 Å². The minimum atomic E-state index is -0.902. The van der Waals surface area contributed by atoms with Gasteiger partial charge in [-0.25, -0.2) is 8.78 Å². The largest absolute Gasteiger partial charge is 0.353 e. The molecule has 1 rings (SSSR count). The van der Waals surface area contributed by atoms with Crippen molar-refractivity contribution >= 4 is 11.8 Å². The molecule has 1 atom stereocenters. The second-order valence-corrected chi connectivity index (χ2v) is 5.58. The van der Waals surface area contributed by atoms with Crippen LogP contribution in [0.5, 0.6) is 0 Å². The number of hydrogen-bond acceptors (Lipinski definition) is 2. The normalized spacial score (nSPS) is 12.1. The number of nitrogens with one attached hydrogen (secondary N) is 2. The van der Waals surface area contributed by atoms with Crippen molar-refractivity contribution in [2.75, 3.05) is 6.54 Å². The van der Waals surface area contributed by atoms with Crippen LogP contribution >= 0.6 is 0 Å². The van der Waals surface area contributed by atoms with Gasteiger partial charge in [0.15, 0.2) is 0 Å². The van der Waals surface area contributed by atoms with Gasteiger partial charge in [-0.1, -0.05) is 13.8 Å². The molecule has 0 aliphatic carbocycles. The number of carbonyl (C=O) groups is 2. The van der Waals surface area contributed by atoms with E-state index >= 15 is 0 Å². The lowest BCUT2D eigenvalue weighted by Crippen LogP contribution is -2.36. The highest BCUT2D eigenvalue weighted by molar-refractivity contribution is 5.94. The van der Waals surface area contributed by atoms with Crippen molar-refractivity contribution in [3.8, 4) is 0 Å². The summed E-state index contributed by atoms with van der Waals surface area (Å²) in [6, 6.07) is 2.88.